The quantitative estimate of drug-likeness (QED) is 0.515. The zero-order valence-corrected chi connectivity index (χ0v) is 19.3. The molecule has 0 radical (unpaired) electrons. The number of benzene rings is 2. The van der Waals surface area contributed by atoms with E-state index in [0.717, 1.165) is 40.8 Å². The number of rotatable bonds is 4. The van der Waals surface area contributed by atoms with Gasteiger partial charge in [0.05, 0.1) is 16.5 Å². The number of imide groups is 1. The molecule has 0 bridgehead atoms. The minimum Gasteiger partial charge on any atom is -0.325 e. The van der Waals surface area contributed by atoms with Crippen molar-refractivity contribution in [3.8, 4) is 0 Å². The van der Waals surface area contributed by atoms with Crippen molar-refractivity contribution in [1.82, 2.24) is 9.88 Å². The van der Waals surface area contributed by atoms with Gasteiger partial charge in [0.2, 0.25) is 17.7 Å². The highest BCUT2D eigenvalue weighted by atomic mass is 32.2. The van der Waals surface area contributed by atoms with E-state index < -0.39 is 58.0 Å². The van der Waals surface area contributed by atoms with Gasteiger partial charge < -0.3 is 5.32 Å². The van der Waals surface area contributed by atoms with E-state index in [0.29, 0.717) is 9.90 Å². The molecule has 1 aromatic heterocycles. The van der Waals surface area contributed by atoms with Crippen molar-refractivity contribution < 1.29 is 27.6 Å². The molecule has 180 valence electrons. The Morgan fingerprint density at radius 2 is 1.77 bits per heavy atom. The Morgan fingerprint density at radius 3 is 2.49 bits per heavy atom. The summed E-state index contributed by atoms with van der Waals surface area (Å²) in [6.07, 6.45) is -4.57. The maximum atomic E-state index is 13.0. The van der Waals surface area contributed by atoms with Crippen molar-refractivity contribution in [2.75, 3.05) is 5.32 Å². The Bertz CT molecular complexity index is 1400. The van der Waals surface area contributed by atoms with Gasteiger partial charge in [-0.15, -0.1) is 0 Å². The molecule has 7 nitrogen and oxygen atoms in total. The molecule has 0 aliphatic carbocycles. The van der Waals surface area contributed by atoms with E-state index in [-0.39, 0.29) is 5.69 Å². The SMILES string of the molecule is O=C(Cn1c2c(sc1=O)[C@@H](c1ccccc1)C1C(=O)NC(=O)C1S2)Nc1cccc(C(F)(F)F)c1. The van der Waals surface area contributed by atoms with Crippen LogP contribution < -0.4 is 15.5 Å². The Morgan fingerprint density at radius 1 is 1.03 bits per heavy atom. The van der Waals surface area contributed by atoms with Gasteiger partial charge in [-0.2, -0.15) is 13.2 Å². The predicted octanol–water partition coefficient (Wildman–Crippen LogP) is 3.45. The van der Waals surface area contributed by atoms with Crippen LogP contribution >= 0.6 is 23.1 Å². The Labute approximate surface area is 204 Å². The zero-order valence-electron chi connectivity index (χ0n) is 17.7. The molecule has 3 atom stereocenters. The standard InChI is InChI=1S/C23H16F3N3O4S2/c24-23(25,26)12-7-4-8-13(9-12)27-14(30)10-29-21-18(35-22(29)33)15(11-5-2-1-3-6-11)16-17(34-21)20(32)28-19(16)31/h1-9,15-17H,10H2,(H,27,30)(H,28,31,32)/t15-,16?,17?/m0/s1. The van der Waals surface area contributed by atoms with Gasteiger partial charge in [0.1, 0.15) is 11.8 Å². The largest absolute Gasteiger partial charge is 0.416 e. The third-order valence-corrected chi connectivity index (χ3v) is 8.44. The van der Waals surface area contributed by atoms with Crippen LogP contribution in [0.1, 0.15) is 21.9 Å². The molecule has 5 rings (SSSR count). The molecule has 3 heterocycles. The van der Waals surface area contributed by atoms with Crippen LogP contribution in [0, 0.1) is 5.92 Å². The normalized spacial score (nSPS) is 21.3. The van der Waals surface area contributed by atoms with Crippen LogP contribution in [-0.4, -0.2) is 27.5 Å². The van der Waals surface area contributed by atoms with Crippen LogP contribution in [0.15, 0.2) is 64.4 Å². The number of anilines is 1. The summed E-state index contributed by atoms with van der Waals surface area (Å²) < 4.78 is 40.1. The van der Waals surface area contributed by atoms with Crippen molar-refractivity contribution in [2.24, 2.45) is 5.92 Å². The summed E-state index contributed by atoms with van der Waals surface area (Å²) in [7, 11) is 0. The van der Waals surface area contributed by atoms with Crippen LogP contribution in [0.4, 0.5) is 18.9 Å². The molecular weight excluding hydrogens is 503 g/mol. The lowest BCUT2D eigenvalue weighted by molar-refractivity contribution is -0.137. The topological polar surface area (TPSA) is 97.3 Å². The van der Waals surface area contributed by atoms with Gasteiger partial charge in [-0.25, -0.2) is 0 Å². The summed E-state index contributed by atoms with van der Waals surface area (Å²) >= 11 is 1.94. The van der Waals surface area contributed by atoms with Crippen molar-refractivity contribution in [2.45, 2.75) is 28.9 Å². The monoisotopic (exact) mass is 519 g/mol. The number of carbonyl (C=O) groups is 3. The zero-order chi connectivity index (χ0) is 24.9. The summed E-state index contributed by atoms with van der Waals surface area (Å²) in [6.45, 7) is -0.456. The first-order chi connectivity index (χ1) is 16.6. The van der Waals surface area contributed by atoms with E-state index in [9.17, 15) is 32.3 Å². The van der Waals surface area contributed by atoms with Gasteiger partial charge >= 0.3 is 11.0 Å². The number of thioether (sulfide) groups is 1. The maximum Gasteiger partial charge on any atom is 0.416 e. The van der Waals surface area contributed by atoms with Crippen molar-refractivity contribution >= 4 is 46.5 Å². The summed E-state index contributed by atoms with van der Waals surface area (Å²) in [5.41, 5.74) is -0.210. The summed E-state index contributed by atoms with van der Waals surface area (Å²) in [6, 6.07) is 13.2. The smallest absolute Gasteiger partial charge is 0.325 e. The number of aromatic nitrogens is 1. The average Bonchev–Trinajstić information content (AvgIpc) is 3.27. The summed E-state index contributed by atoms with van der Waals surface area (Å²) in [5, 5.41) is 4.38. The maximum absolute atomic E-state index is 13.0. The lowest BCUT2D eigenvalue weighted by Gasteiger charge is -2.30. The number of carbonyl (C=O) groups excluding carboxylic acids is 3. The molecule has 1 fully saturated rings. The molecule has 2 unspecified atom stereocenters. The van der Waals surface area contributed by atoms with Crippen LogP contribution in [0.3, 0.4) is 0 Å². The number of hydrogen-bond acceptors (Lipinski definition) is 6. The number of thiazole rings is 1. The predicted molar refractivity (Wildman–Crippen MR) is 123 cm³/mol. The molecule has 35 heavy (non-hydrogen) atoms. The van der Waals surface area contributed by atoms with Crippen molar-refractivity contribution in [1.29, 1.82) is 0 Å². The van der Waals surface area contributed by atoms with Crippen molar-refractivity contribution in [3.63, 3.8) is 0 Å². The van der Waals surface area contributed by atoms with E-state index in [2.05, 4.69) is 10.6 Å². The fourth-order valence-electron chi connectivity index (χ4n) is 4.31. The minimum absolute atomic E-state index is 0.0578. The third kappa shape index (κ3) is 4.27. The first-order valence-corrected chi connectivity index (χ1v) is 12.1. The second-order valence-electron chi connectivity index (χ2n) is 8.06. The Kier molecular flexibility index (Phi) is 5.80. The van der Waals surface area contributed by atoms with E-state index in [1.165, 1.54) is 16.7 Å². The molecule has 0 spiro atoms. The first kappa shape index (κ1) is 23.4. The van der Waals surface area contributed by atoms with Gasteiger partial charge in [-0.3, -0.25) is 29.1 Å². The average molecular weight is 520 g/mol. The summed E-state index contributed by atoms with van der Waals surface area (Å²) in [5.74, 6) is -2.82. The molecule has 2 aliphatic rings. The number of hydrogen-bond donors (Lipinski definition) is 2. The Balaban J connectivity index is 1.48. The fourth-order valence-corrected chi connectivity index (χ4v) is 7.05. The van der Waals surface area contributed by atoms with Crippen LogP contribution in [0.5, 0.6) is 0 Å². The number of nitrogens with zero attached hydrogens (tertiary/aromatic N) is 1. The second-order valence-corrected chi connectivity index (χ2v) is 10.2. The number of alkyl halides is 3. The highest BCUT2D eigenvalue weighted by molar-refractivity contribution is 8.00. The lowest BCUT2D eigenvalue weighted by atomic mass is 9.83. The van der Waals surface area contributed by atoms with Crippen LogP contribution in [0.25, 0.3) is 0 Å². The van der Waals surface area contributed by atoms with E-state index in [1.807, 2.05) is 18.2 Å². The molecular formula is C23H16F3N3O4S2. The first-order valence-electron chi connectivity index (χ1n) is 10.4. The van der Waals surface area contributed by atoms with Gasteiger partial charge in [-0.05, 0) is 23.8 Å². The highest BCUT2D eigenvalue weighted by Gasteiger charge is 2.52. The third-order valence-electron chi connectivity index (χ3n) is 5.82. The Hall–Kier alpha value is -3.38. The number of amides is 3. The lowest BCUT2D eigenvalue weighted by Crippen LogP contribution is -2.32. The fraction of sp³-hybridized carbons (Fsp3) is 0.217. The van der Waals surface area contributed by atoms with E-state index in [1.54, 1.807) is 12.1 Å². The number of halogens is 3. The molecule has 2 aliphatic heterocycles. The molecule has 1 saturated heterocycles. The number of fused-ring (bicyclic) bond motifs is 2. The van der Waals surface area contributed by atoms with Gasteiger partial charge in [0, 0.05) is 16.5 Å². The van der Waals surface area contributed by atoms with Crippen molar-refractivity contribution in [3.05, 3.63) is 80.3 Å². The molecule has 0 saturated carbocycles. The molecule has 2 N–H and O–H groups in total. The molecule has 12 heteroatoms. The van der Waals surface area contributed by atoms with E-state index in [4.69, 9.17) is 0 Å². The van der Waals surface area contributed by atoms with E-state index >= 15 is 0 Å². The van der Waals surface area contributed by atoms with Gasteiger partial charge in [0.15, 0.2) is 0 Å². The molecule has 3 aromatic rings. The van der Waals surface area contributed by atoms with Gasteiger partial charge in [-0.1, -0.05) is 59.5 Å². The summed E-state index contributed by atoms with van der Waals surface area (Å²) in [4.78, 5) is 50.8. The minimum atomic E-state index is -4.57. The molecule has 2 aromatic carbocycles. The number of nitrogens with one attached hydrogen (secondary N) is 2. The van der Waals surface area contributed by atoms with Crippen LogP contribution in [-0.2, 0) is 27.1 Å². The highest BCUT2D eigenvalue weighted by Crippen LogP contribution is 2.51. The van der Waals surface area contributed by atoms with Crippen LogP contribution in [0.2, 0.25) is 0 Å². The second kappa shape index (κ2) is 8.68. The molecule has 3 amide bonds. The van der Waals surface area contributed by atoms with Gasteiger partial charge in [0.25, 0.3) is 0 Å².